The summed E-state index contributed by atoms with van der Waals surface area (Å²) >= 11 is 0. The molecule has 1 fully saturated rings. The minimum atomic E-state index is -0.160. The second-order valence-electron chi connectivity index (χ2n) is 6.43. The third-order valence-electron chi connectivity index (χ3n) is 4.15. The van der Waals surface area contributed by atoms with Gasteiger partial charge in [0.1, 0.15) is 0 Å². The van der Waals surface area contributed by atoms with Gasteiger partial charge in [0.05, 0.1) is 6.10 Å². The number of hydrogen-bond donors (Lipinski definition) is 1. The van der Waals surface area contributed by atoms with Crippen molar-refractivity contribution in [2.45, 2.75) is 46.8 Å². The monoisotopic (exact) mass is 247 g/mol. The van der Waals surface area contributed by atoms with Gasteiger partial charge in [0, 0.05) is 25.0 Å². The van der Waals surface area contributed by atoms with E-state index in [1.807, 2.05) is 0 Å². The molecular formula is C16H25NO. The largest absolute Gasteiger partial charge is 0.392 e. The highest BCUT2D eigenvalue weighted by Gasteiger charge is 2.34. The van der Waals surface area contributed by atoms with E-state index < -0.39 is 0 Å². The third kappa shape index (κ3) is 2.93. The van der Waals surface area contributed by atoms with Gasteiger partial charge in [0.25, 0.3) is 0 Å². The topological polar surface area (TPSA) is 23.5 Å². The van der Waals surface area contributed by atoms with E-state index in [0.717, 1.165) is 26.1 Å². The van der Waals surface area contributed by atoms with Crippen LogP contribution in [0.2, 0.25) is 0 Å². The van der Waals surface area contributed by atoms with E-state index in [9.17, 15) is 5.11 Å². The van der Waals surface area contributed by atoms with Crippen molar-refractivity contribution in [1.82, 2.24) is 4.90 Å². The molecule has 0 aliphatic carbocycles. The Kier molecular flexibility index (Phi) is 3.79. The highest BCUT2D eigenvalue weighted by atomic mass is 16.3. The number of nitrogens with zero attached hydrogens (tertiary/aromatic N) is 1. The Hall–Kier alpha value is -0.860. The molecule has 1 unspecified atom stereocenters. The van der Waals surface area contributed by atoms with Crippen LogP contribution in [0.3, 0.4) is 0 Å². The van der Waals surface area contributed by atoms with Crippen molar-refractivity contribution in [2.75, 3.05) is 13.1 Å². The zero-order valence-corrected chi connectivity index (χ0v) is 12.0. The molecule has 0 bridgehead atoms. The van der Waals surface area contributed by atoms with Crippen LogP contribution in [0.1, 0.15) is 37.0 Å². The Balaban J connectivity index is 2.08. The molecule has 100 valence electrons. The van der Waals surface area contributed by atoms with Crippen LogP contribution >= 0.6 is 0 Å². The Morgan fingerprint density at radius 2 is 2.06 bits per heavy atom. The quantitative estimate of drug-likeness (QED) is 0.868. The number of piperidine rings is 1. The summed E-state index contributed by atoms with van der Waals surface area (Å²) in [5, 5.41) is 9.99. The number of likely N-dealkylation sites (tertiary alicyclic amines) is 1. The van der Waals surface area contributed by atoms with E-state index in [-0.39, 0.29) is 11.5 Å². The van der Waals surface area contributed by atoms with Gasteiger partial charge in [0.2, 0.25) is 0 Å². The number of benzene rings is 1. The predicted octanol–water partition coefficient (Wildman–Crippen LogP) is 2.90. The zero-order valence-electron chi connectivity index (χ0n) is 12.0. The number of rotatable bonds is 2. The molecule has 1 aromatic carbocycles. The fourth-order valence-electron chi connectivity index (χ4n) is 2.80. The molecule has 0 spiro atoms. The van der Waals surface area contributed by atoms with Gasteiger partial charge in [0.15, 0.2) is 0 Å². The minimum absolute atomic E-state index is 0.00990. The van der Waals surface area contributed by atoms with Gasteiger partial charge in [-0.3, -0.25) is 4.90 Å². The first-order chi connectivity index (χ1) is 8.38. The summed E-state index contributed by atoms with van der Waals surface area (Å²) in [6.07, 6.45) is 0.727. The molecular weight excluding hydrogens is 222 g/mol. The molecule has 0 aromatic heterocycles. The molecule has 0 amide bonds. The van der Waals surface area contributed by atoms with Gasteiger partial charge in [-0.25, -0.2) is 0 Å². The van der Waals surface area contributed by atoms with Gasteiger partial charge in [-0.1, -0.05) is 37.6 Å². The SMILES string of the molecule is Cc1ccc(C)c(CN2CCC(O)C(C)(C)C2)c1. The van der Waals surface area contributed by atoms with Crippen LogP contribution < -0.4 is 0 Å². The minimum Gasteiger partial charge on any atom is -0.392 e. The first-order valence-electron chi connectivity index (χ1n) is 6.85. The lowest BCUT2D eigenvalue weighted by Crippen LogP contribution is -2.48. The van der Waals surface area contributed by atoms with Crippen molar-refractivity contribution in [1.29, 1.82) is 0 Å². The van der Waals surface area contributed by atoms with Crippen LogP contribution in [0.15, 0.2) is 18.2 Å². The summed E-state index contributed by atoms with van der Waals surface area (Å²) in [6.45, 7) is 11.6. The maximum absolute atomic E-state index is 9.99. The summed E-state index contributed by atoms with van der Waals surface area (Å²) < 4.78 is 0. The molecule has 1 heterocycles. The van der Waals surface area contributed by atoms with Gasteiger partial charge in [-0.2, -0.15) is 0 Å². The van der Waals surface area contributed by atoms with Crippen LogP contribution in [-0.4, -0.2) is 29.2 Å². The summed E-state index contributed by atoms with van der Waals surface area (Å²) in [5.74, 6) is 0. The Morgan fingerprint density at radius 3 is 2.72 bits per heavy atom. The molecule has 1 aromatic rings. The Bertz CT molecular complexity index is 425. The Morgan fingerprint density at radius 1 is 1.33 bits per heavy atom. The molecule has 18 heavy (non-hydrogen) atoms. The van der Waals surface area contributed by atoms with Gasteiger partial charge in [-0.05, 0) is 31.4 Å². The van der Waals surface area contributed by atoms with Gasteiger partial charge in [-0.15, -0.1) is 0 Å². The molecule has 2 rings (SSSR count). The molecule has 1 aliphatic rings. The van der Waals surface area contributed by atoms with Crippen molar-refractivity contribution in [3.05, 3.63) is 34.9 Å². The fraction of sp³-hybridized carbons (Fsp3) is 0.625. The molecule has 1 saturated heterocycles. The van der Waals surface area contributed by atoms with E-state index >= 15 is 0 Å². The summed E-state index contributed by atoms with van der Waals surface area (Å²) in [5.41, 5.74) is 4.12. The normalized spacial score (nSPS) is 24.2. The lowest BCUT2D eigenvalue weighted by molar-refractivity contribution is -0.0270. The summed E-state index contributed by atoms with van der Waals surface area (Å²) in [4.78, 5) is 2.47. The van der Waals surface area contributed by atoms with E-state index in [2.05, 4.69) is 50.8 Å². The maximum atomic E-state index is 9.99. The molecule has 2 heteroatoms. The standard InChI is InChI=1S/C16H25NO/c1-12-5-6-13(2)14(9-12)10-17-8-7-15(18)16(3,4)11-17/h5-6,9,15,18H,7-8,10-11H2,1-4H3. The third-order valence-corrected chi connectivity index (χ3v) is 4.15. The van der Waals surface area contributed by atoms with E-state index in [0.29, 0.717) is 0 Å². The number of aliphatic hydroxyl groups is 1. The molecule has 2 nitrogen and oxygen atoms in total. The second-order valence-corrected chi connectivity index (χ2v) is 6.43. The van der Waals surface area contributed by atoms with Crippen molar-refractivity contribution in [2.24, 2.45) is 5.41 Å². The number of hydrogen-bond acceptors (Lipinski definition) is 2. The smallest absolute Gasteiger partial charge is 0.0615 e. The van der Waals surface area contributed by atoms with E-state index in [4.69, 9.17) is 0 Å². The fourth-order valence-corrected chi connectivity index (χ4v) is 2.80. The maximum Gasteiger partial charge on any atom is 0.0615 e. The highest BCUT2D eigenvalue weighted by Crippen LogP contribution is 2.30. The number of aryl methyl sites for hydroxylation is 2. The van der Waals surface area contributed by atoms with Gasteiger partial charge < -0.3 is 5.11 Å². The van der Waals surface area contributed by atoms with Crippen molar-refractivity contribution in [3.63, 3.8) is 0 Å². The van der Waals surface area contributed by atoms with Crippen molar-refractivity contribution < 1.29 is 5.11 Å². The van der Waals surface area contributed by atoms with Crippen LogP contribution in [0, 0.1) is 19.3 Å². The van der Waals surface area contributed by atoms with E-state index in [1.165, 1.54) is 16.7 Å². The first-order valence-corrected chi connectivity index (χ1v) is 6.85. The average molecular weight is 247 g/mol. The average Bonchev–Trinajstić information content (AvgIpc) is 2.28. The van der Waals surface area contributed by atoms with Crippen LogP contribution in [-0.2, 0) is 6.54 Å². The predicted molar refractivity (Wildman–Crippen MR) is 75.6 cm³/mol. The second kappa shape index (κ2) is 5.02. The molecule has 0 saturated carbocycles. The molecule has 1 atom stereocenters. The Labute approximate surface area is 111 Å². The summed E-state index contributed by atoms with van der Waals surface area (Å²) in [7, 11) is 0. The van der Waals surface area contributed by atoms with Gasteiger partial charge >= 0.3 is 0 Å². The highest BCUT2D eigenvalue weighted by molar-refractivity contribution is 5.30. The van der Waals surface area contributed by atoms with Crippen molar-refractivity contribution in [3.8, 4) is 0 Å². The molecule has 1 N–H and O–H groups in total. The lowest BCUT2D eigenvalue weighted by atomic mass is 9.81. The lowest BCUT2D eigenvalue weighted by Gasteiger charge is -2.42. The van der Waals surface area contributed by atoms with E-state index in [1.54, 1.807) is 0 Å². The van der Waals surface area contributed by atoms with Crippen LogP contribution in [0.4, 0.5) is 0 Å². The first kappa shape index (κ1) is 13.6. The molecule has 0 radical (unpaired) electrons. The van der Waals surface area contributed by atoms with Crippen LogP contribution in [0.25, 0.3) is 0 Å². The van der Waals surface area contributed by atoms with Crippen molar-refractivity contribution >= 4 is 0 Å². The zero-order chi connectivity index (χ0) is 13.3. The van der Waals surface area contributed by atoms with Crippen LogP contribution in [0.5, 0.6) is 0 Å². The summed E-state index contributed by atoms with van der Waals surface area (Å²) in [6, 6.07) is 6.66. The number of aliphatic hydroxyl groups excluding tert-OH is 1. The molecule has 1 aliphatic heterocycles.